The number of amides is 3. The Morgan fingerprint density at radius 2 is 1.66 bits per heavy atom. The van der Waals surface area contributed by atoms with E-state index in [2.05, 4.69) is 15.6 Å². The van der Waals surface area contributed by atoms with Gasteiger partial charge >= 0.3 is 0 Å². The highest BCUT2D eigenvalue weighted by atomic mass is 19.1. The zero-order valence-corrected chi connectivity index (χ0v) is 23.3. The molecule has 4 rings (SSSR count). The largest absolute Gasteiger partial charge is 0.497 e. The van der Waals surface area contributed by atoms with E-state index < -0.39 is 11.9 Å². The maximum Gasteiger partial charge on any atom is 0.248 e. The number of benzene rings is 2. The summed E-state index contributed by atoms with van der Waals surface area (Å²) in [5.74, 6) is -0.201. The van der Waals surface area contributed by atoms with Crippen LogP contribution >= 0.6 is 0 Å². The molecule has 1 aliphatic carbocycles. The third kappa shape index (κ3) is 8.03. The van der Waals surface area contributed by atoms with Crippen molar-refractivity contribution in [3.63, 3.8) is 0 Å². The van der Waals surface area contributed by atoms with Crippen LogP contribution in [0.2, 0.25) is 0 Å². The predicted octanol–water partition coefficient (Wildman–Crippen LogP) is 5.18. The van der Waals surface area contributed by atoms with E-state index in [1.807, 2.05) is 0 Å². The highest BCUT2D eigenvalue weighted by Gasteiger charge is 2.34. The van der Waals surface area contributed by atoms with Crippen molar-refractivity contribution in [3.05, 3.63) is 78.2 Å². The Hall–Kier alpha value is -4.47. The van der Waals surface area contributed by atoms with Gasteiger partial charge < -0.3 is 20.1 Å². The minimum Gasteiger partial charge on any atom is -0.497 e. The minimum atomic E-state index is -1.09. The number of carbonyl (C=O) groups is 3. The predicted molar refractivity (Wildman–Crippen MR) is 153 cm³/mol. The molecule has 0 bridgehead atoms. The molecule has 3 aromatic rings. The van der Waals surface area contributed by atoms with Gasteiger partial charge in [0.2, 0.25) is 17.7 Å². The number of nitrogens with zero attached hydrogens (tertiary/aromatic N) is 2. The lowest BCUT2D eigenvalue weighted by molar-refractivity contribution is -0.127. The van der Waals surface area contributed by atoms with E-state index in [9.17, 15) is 18.8 Å². The number of hydrogen-bond acceptors (Lipinski definition) is 6. The molecule has 1 atom stereocenters. The Labute approximate surface area is 239 Å². The lowest BCUT2D eigenvalue weighted by atomic mass is 10.0. The fraction of sp³-hybridized carbons (Fsp3) is 0.355. The lowest BCUT2D eigenvalue weighted by Crippen LogP contribution is -2.46. The van der Waals surface area contributed by atoms with Crippen LogP contribution in [0.25, 0.3) is 0 Å². The number of hydrogen-bond donors (Lipinski definition) is 2. The molecule has 10 heteroatoms. The Kier molecular flexibility index (Phi) is 10.3. The highest BCUT2D eigenvalue weighted by Crippen LogP contribution is 2.35. The fourth-order valence-electron chi connectivity index (χ4n) is 4.94. The van der Waals surface area contributed by atoms with Crippen molar-refractivity contribution in [2.75, 3.05) is 24.4 Å². The van der Waals surface area contributed by atoms with E-state index in [0.29, 0.717) is 28.6 Å². The highest BCUT2D eigenvalue weighted by molar-refractivity contribution is 6.02. The quantitative estimate of drug-likeness (QED) is 0.315. The molecule has 1 saturated carbocycles. The van der Waals surface area contributed by atoms with Crippen LogP contribution in [0.5, 0.6) is 11.5 Å². The molecule has 0 spiro atoms. The molecular weight excluding hydrogens is 527 g/mol. The Balaban J connectivity index is 1.64. The van der Waals surface area contributed by atoms with E-state index in [1.165, 1.54) is 43.4 Å². The number of halogens is 1. The third-order valence-corrected chi connectivity index (χ3v) is 7.00. The SMILES string of the molecule is COc1cc(OC)cc(N(C(=O)CCCC(=O)Nc2ccccn2)[C@H](C(=O)NC2CCCC2)c2ccc(F)cc2)c1. The van der Waals surface area contributed by atoms with Gasteiger partial charge in [-0.1, -0.05) is 31.0 Å². The zero-order chi connectivity index (χ0) is 29.2. The maximum atomic E-state index is 14.0. The van der Waals surface area contributed by atoms with Gasteiger partial charge in [0.05, 0.1) is 19.9 Å². The monoisotopic (exact) mass is 562 g/mol. The van der Waals surface area contributed by atoms with Gasteiger partial charge in [-0.2, -0.15) is 0 Å². The normalized spacial score (nSPS) is 13.7. The van der Waals surface area contributed by atoms with Gasteiger partial charge in [-0.05, 0) is 49.1 Å². The second-order valence-corrected chi connectivity index (χ2v) is 9.90. The Bertz CT molecular complexity index is 1310. The molecule has 216 valence electrons. The zero-order valence-electron chi connectivity index (χ0n) is 23.3. The summed E-state index contributed by atoms with van der Waals surface area (Å²) in [6.07, 6.45) is 5.60. The first-order valence-electron chi connectivity index (χ1n) is 13.7. The van der Waals surface area contributed by atoms with E-state index in [4.69, 9.17) is 9.47 Å². The smallest absolute Gasteiger partial charge is 0.248 e. The number of methoxy groups -OCH3 is 2. The van der Waals surface area contributed by atoms with Crippen LogP contribution in [-0.4, -0.2) is 43.0 Å². The number of aromatic nitrogens is 1. The van der Waals surface area contributed by atoms with Gasteiger partial charge in [0.1, 0.15) is 29.2 Å². The number of ether oxygens (including phenoxy) is 2. The first kappa shape index (κ1) is 29.5. The van der Waals surface area contributed by atoms with Crippen LogP contribution in [0.15, 0.2) is 66.9 Å². The molecule has 2 aromatic carbocycles. The fourth-order valence-corrected chi connectivity index (χ4v) is 4.94. The summed E-state index contributed by atoms with van der Waals surface area (Å²) >= 11 is 0. The van der Waals surface area contributed by atoms with Gasteiger partial charge in [-0.3, -0.25) is 19.3 Å². The van der Waals surface area contributed by atoms with Crippen LogP contribution in [0.3, 0.4) is 0 Å². The molecule has 2 N–H and O–H groups in total. The van der Waals surface area contributed by atoms with Gasteiger partial charge in [0.15, 0.2) is 0 Å². The number of pyridine rings is 1. The molecule has 3 amide bonds. The van der Waals surface area contributed by atoms with Crippen molar-refractivity contribution in [3.8, 4) is 11.5 Å². The van der Waals surface area contributed by atoms with Crippen molar-refractivity contribution >= 4 is 29.2 Å². The lowest BCUT2D eigenvalue weighted by Gasteiger charge is -2.33. The molecule has 1 aliphatic rings. The molecule has 0 saturated heterocycles. The van der Waals surface area contributed by atoms with Crippen molar-refractivity contribution < 1.29 is 28.2 Å². The topological polar surface area (TPSA) is 110 Å². The standard InChI is InChI=1S/C31H35FN4O5/c1-40-25-18-24(19-26(20-25)41-2)36(29(38)12-7-11-28(37)35-27-10-5-6-17-33-27)30(21-13-15-22(32)16-14-21)31(39)34-23-8-3-4-9-23/h5-6,10,13-20,23,30H,3-4,7-9,11-12H2,1-2H3,(H,34,39)(H,33,35,37)/t30-/m0/s1. The number of rotatable bonds is 12. The minimum absolute atomic E-state index is 0.00228. The molecular formula is C31H35FN4O5. The van der Waals surface area contributed by atoms with Crippen LogP contribution in [0.1, 0.15) is 56.6 Å². The van der Waals surface area contributed by atoms with Crippen molar-refractivity contribution in [2.24, 2.45) is 0 Å². The second kappa shape index (κ2) is 14.2. The van der Waals surface area contributed by atoms with Gasteiger partial charge in [0.25, 0.3) is 0 Å². The number of nitrogens with one attached hydrogen (secondary N) is 2. The van der Waals surface area contributed by atoms with Gasteiger partial charge in [-0.25, -0.2) is 9.37 Å². The first-order valence-corrected chi connectivity index (χ1v) is 13.7. The van der Waals surface area contributed by atoms with Gasteiger partial charge in [-0.15, -0.1) is 0 Å². The summed E-state index contributed by atoms with van der Waals surface area (Å²) in [5.41, 5.74) is 0.824. The summed E-state index contributed by atoms with van der Waals surface area (Å²) in [6.45, 7) is 0. The summed E-state index contributed by atoms with van der Waals surface area (Å²) in [7, 11) is 2.99. The van der Waals surface area contributed by atoms with Crippen molar-refractivity contribution in [1.29, 1.82) is 0 Å². The van der Waals surface area contributed by atoms with Crippen LogP contribution < -0.4 is 25.0 Å². The van der Waals surface area contributed by atoms with Crippen LogP contribution in [-0.2, 0) is 14.4 Å². The van der Waals surface area contributed by atoms with Gasteiger partial charge in [0, 0.05) is 43.3 Å². The van der Waals surface area contributed by atoms with Crippen molar-refractivity contribution in [2.45, 2.75) is 57.0 Å². The molecule has 1 heterocycles. The molecule has 0 radical (unpaired) electrons. The average Bonchev–Trinajstić information content (AvgIpc) is 3.49. The second-order valence-electron chi connectivity index (χ2n) is 9.90. The summed E-state index contributed by atoms with van der Waals surface area (Å²) in [5, 5.41) is 5.81. The third-order valence-electron chi connectivity index (χ3n) is 7.00. The first-order chi connectivity index (χ1) is 19.9. The molecule has 0 unspecified atom stereocenters. The van der Waals surface area contributed by atoms with Crippen molar-refractivity contribution in [1.82, 2.24) is 10.3 Å². The summed E-state index contributed by atoms with van der Waals surface area (Å²) in [4.78, 5) is 45.8. The number of anilines is 2. The summed E-state index contributed by atoms with van der Waals surface area (Å²) < 4.78 is 24.8. The Morgan fingerprint density at radius 3 is 2.27 bits per heavy atom. The number of carbonyl (C=O) groups excluding carboxylic acids is 3. The molecule has 1 fully saturated rings. The van der Waals surface area contributed by atoms with E-state index >= 15 is 0 Å². The van der Waals surface area contributed by atoms with Crippen LogP contribution in [0, 0.1) is 5.82 Å². The molecule has 0 aliphatic heterocycles. The van der Waals surface area contributed by atoms with Crippen LogP contribution in [0.4, 0.5) is 15.9 Å². The van der Waals surface area contributed by atoms with E-state index in [0.717, 1.165) is 25.7 Å². The molecule has 9 nitrogen and oxygen atoms in total. The van der Waals surface area contributed by atoms with E-state index in [-0.39, 0.29) is 43.0 Å². The average molecular weight is 563 g/mol. The Morgan fingerprint density at radius 1 is 0.976 bits per heavy atom. The molecule has 1 aromatic heterocycles. The van der Waals surface area contributed by atoms with E-state index in [1.54, 1.807) is 42.6 Å². The molecule has 41 heavy (non-hydrogen) atoms. The maximum absolute atomic E-state index is 14.0. The summed E-state index contributed by atoms with van der Waals surface area (Å²) in [6, 6.07) is 14.6.